The van der Waals surface area contributed by atoms with Gasteiger partial charge in [-0.2, -0.15) is 0 Å². The number of rotatable bonds is 5. The van der Waals surface area contributed by atoms with E-state index in [0.717, 1.165) is 11.1 Å². The number of halogens is 1. The summed E-state index contributed by atoms with van der Waals surface area (Å²) in [5, 5.41) is 9.21. The van der Waals surface area contributed by atoms with Crippen LogP contribution >= 0.6 is 15.9 Å². The number of para-hydroxylation sites is 1. The van der Waals surface area contributed by atoms with Gasteiger partial charge in [-0.15, -0.1) is 0 Å². The number of hydrogen-bond acceptors (Lipinski definition) is 3. The first-order valence-electron chi connectivity index (χ1n) is 6.31. The number of ether oxygens (including phenoxy) is 2. The highest BCUT2D eigenvalue weighted by Crippen LogP contribution is 2.31. The first-order chi connectivity index (χ1) is 10.0. The van der Waals surface area contributed by atoms with Gasteiger partial charge in [0.15, 0.2) is 0 Å². The Labute approximate surface area is 131 Å². The lowest BCUT2D eigenvalue weighted by Gasteiger charge is -2.13. The molecule has 0 heterocycles. The predicted molar refractivity (Wildman–Crippen MR) is 83.2 cm³/mol. The maximum Gasteiger partial charge on any atom is 0.339 e. The summed E-state index contributed by atoms with van der Waals surface area (Å²) in [5.41, 5.74) is 2.07. The smallest absolute Gasteiger partial charge is 0.339 e. The Morgan fingerprint density at radius 3 is 2.71 bits per heavy atom. The lowest BCUT2D eigenvalue weighted by atomic mass is 10.1. The molecule has 5 heteroatoms. The monoisotopic (exact) mass is 350 g/mol. The molecular weight excluding hydrogens is 336 g/mol. The second-order valence-electron chi connectivity index (χ2n) is 4.53. The summed E-state index contributed by atoms with van der Waals surface area (Å²) in [4.78, 5) is 11.2. The van der Waals surface area contributed by atoms with Crippen LogP contribution in [0.25, 0.3) is 0 Å². The molecule has 0 saturated heterocycles. The van der Waals surface area contributed by atoms with Gasteiger partial charge in [0.25, 0.3) is 0 Å². The molecule has 1 N–H and O–H groups in total. The molecule has 0 saturated carbocycles. The zero-order chi connectivity index (χ0) is 15.4. The fourth-order valence-corrected chi connectivity index (χ4v) is 2.47. The molecule has 0 amide bonds. The summed E-state index contributed by atoms with van der Waals surface area (Å²) in [6.07, 6.45) is 0. The average molecular weight is 351 g/mol. The maximum absolute atomic E-state index is 11.2. The number of carboxylic acid groups (broad SMARTS) is 1. The summed E-state index contributed by atoms with van der Waals surface area (Å²) in [6.45, 7) is 2.21. The van der Waals surface area contributed by atoms with Crippen molar-refractivity contribution >= 4 is 21.9 Å². The van der Waals surface area contributed by atoms with Crippen molar-refractivity contribution in [3.05, 3.63) is 57.6 Å². The Kier molecular flexibility index (Phi) is 4.85. The highest BCUT2D eigenvalue weighted by Gasteiger charge is 2.15. The quantitative estimate of drug-likeness (QED) is 0.883. The minimum atomic E-state index is -1.03. The van der Waals surface area contributed by atoms with Crippen molar-refractivity contribution in [1.82, 2.24) is 0 Å². The number of carboxylic acids is 1. The van der Waals surface area contributed by atoms with Gasteiger partial charge in [-0.05, 0) is 47.1 Å². The van der Waals surface area contributed by atoms with Crippen molar-refractivity contribution in [3.8, 4) is 11.5 Å². The molecule has 0 spiro atoms. The molecule has 0 unspecified atom stereocenters. The van der Waals surface area contributed by atoms with E-state index in [9.17, 15) is 9.90 Å². The third-order valence-electron chi connectivity index (χ3n) is 3.01. The van der Waals surface area contributed by atoms with E-state index in [1.807, 2.05) is 25.1 Å². The average Bonchev–Trinajstić information content (AvgIpc) is 2.45. The van der Waals surface area contributed by atoms with E-state index in [4.69, 9.17) is 9.47 Å². The van der Waals surface area contributed by atoms with Crippen LogP contribution in [0, 0.1) is 6.92 Å². The van der Waals surface area contributed by atoms with Gasteiger partial charge in [-0.3, -0.25) is 0 Å². The molecule has 110 valence electrons. The molecule has 0 aliphatic carbocycles. The number of hydrogen-bond donors (Lipinski definition) is 1. The normalized spacial score (nSPS) is 10.2. The molecule has 4 nitrogen and oxygen atoms in total. The second kappa shape index (κ2) is 6.63. The fraction of sp³-hybridized carbons (Fsp3) is 0.188. The van der Waals surface area contributed by atoms with Crippen LogP contribution in [0.5, 0.6) is 11.5 Å². The molecule has 0 aliphatic heterocycles. The van der Waals surface area contributed by atoms with E-state index in [1.54, 1.807) is 19.2 Å². The predicted octanol–water partition coefficient (Wildman–Crippen LogP) is 4.04. The van der Waals surface area contributed by atoms with Crippen molar-refractivity contribution in [3.63, 3.8) is 0 Å². The summed E-state index contributed by atoms with van der Waals surface area (Å²) in [6, 6.07) is 10.7. The summed E-state index contributed by atoms with van der Waals surface area (Å²) < 4.78 is 11.6. The molecular formula is C16H15BrO4. The van der Waals surface area contributed by atoms with Crippen LogP contribution in [0.3, 0.4) is 0 Å². The lowest BCUT2D eigenvalue weighted by molar-refractivity contribution is 0.0691. The SMILES string of the molecule is COc1ccc(C)cc1COc1c(Br)cccc1C(=O)O. The van der Waals surface area contributed by atoms with Crippen molar-refractivity contribution in [1.29, 1.82) is 0 Å². The molecule has 0 atom stereocenters. The van der Waals surface area contributed by atoms with Gasteiger partial charge < -0.3 is 14.6 Å². The third kappa shape index (κ3) is 3.55. The van der Waals surface area contributed by atoms with Crippen LogP contribution in [0.1, 0.15) is 21.5 Å². The molecule has 2 aromatic carbocycles. The molecule has 2 rings (SSSR count). The standard InChI is InChI=1S/C16H15BrO4/c1-10-6-7-14(20-2)11(8-10)9-21-15-12(16(18)19)4-3-5-13(15)17/h3-8H,9H2,1-2H3,(H,18,19). The molecule has 0 fully saturated rings. The molecule has 0 aromatic heterocycles. The molecule has 2 aromatic rings. The van der Waals surface area contributed by atoms with Crippen molar-refractivity contribution in [2.45, 2.75) is 13.5 Å². The third-order valence-corrected chi connectivity index (χ3v) is 3.63. The summed E-state index contributed by atoms with van der Waals surface area (Å²) >= 11 is 3.32. The molecule has 21 heavy (non-hydrogen) atoms. The Hall–Kier alpha value is -2.01. The number of aromatic carboxylic acids is 1. The molecule has 0 radical (unpaired) electrons. The Morgan fingerprint density at radius 2 is 2.05 bits per heavy atom. The van der Waals surface area contributed by atoms with Gasteiger partial charge in [-0.1, -0.05) is 17.7 Å². The Morgan fingerprint density at radius 1 is 1.29 bits per heavy atom. The highest BCUT2D eigenvalue weighted by atomic mass is 79.9. The highest BCUT2D eigenvalue weighted by molar-refractivity contribution is 9.10. The number of methoxy groups -OCH3 is 1. The van der Waals surface area contributed by atoms with E-state index in [1.165, 1.54) is 6.07 Å². The van der Waals surface area contributed by atoms with E-state index in [0.29, 0.717) is 16.0 Å². The van der Waals surface area contributed by atoms with Crippen molar-refractivity contribution in [2.24, 2.45) is 0 Å². The van der Waals surface area contributed by atoms with Gasteiger partial charge in [-0.25, -0.2) is 4.79 Å². The first kappa shape index (κ1) is 15.4. The Bertz CT molecular complexity index is 667. The first-order valence-corrected chi connectivity index (χ1v) is 7.10. The van der Waals surface area contributed by atoms with Gasteiger partial charge in [0.05, 0.1) is 11.6 Å². The van der Waals surface area contributed by atoms with E-state index in [-0.39, 0.29) is 12.2 Å². The van der Waals surface area contributed by atoms with Crippen LogP contribution in [0.15, 0.2) is 40.9 Å². The summed E-state index contributed by atoms with van der Waals surface area (Å²) in [7, 11) is 1.59. The second-order valence-corrected chi connectivity index (χ2v) is 5.38. The largest absolute Gasteiger partial charge is 0.496 e. The number of aryl methyl sites for hydroxylation is 1. The Balaban J connectivity index is 2.28. The zero-order valence-corrected chi connectivity index (χ0v) is 13.3. The van der Waals surface area contributed by atoms with Crippen LogP contribution in [0.2, 0.25) is 0 Å². The van der Waals surface area contributed by atoms with Gasteiger partial charge in [0, 0.05) is 5.56 Å². The molecule has 0 bridgehead atoms. The zero-order valence-electron chi connectivity index (χ0n) is 11.7. The minimum absolute atomic E-state index is 0.121. The minimum Gasteiger partial charge on any atom is -0.496 e. The van der Waals surface area contributed by atoms with Gasteiger partial charge in [0.1, 0.15) is 23.7 Å². The topological polar surface area (TPSA) is 55.8 Å². The van der Waals surface area contributed by atoms with Crippen LogP contribution in [-0.2, 0) is 6.61 Å². The maximum atomic E-state index is 11.2. The van der Waals surface area contributed by atoms with Crippen LogP contribution in [-0.4, -0.2) is 18.2 Å². The lowest BCUT2D eigenvalue weighted by Crippen LogP contribution is -2.05. The number of benzene rings is 2. The van der Waals surface area contributed by atoms with Gasteiger partial charge in [0.2, 0.25) is 0 Å². The van der Waals surface area contributed by atoms with Gasteiger partial charge >= 0.3 is 5.97 Å². The van der Waals surface area contributed by atoms with E-state index in [2.05, 4.69) is 15.9 Å². The van der Waals surface area contributed by atoms with Crippen LogP contribution < -0.4 is 9.47 Å². The van der Waals surface area contributed by atoms with E-state index >= 15 is 0 Å². The fourth-order valence-electron chi connectivity index (χ4n) is 1.99. The van der Waals surface area contributed by atoms with E-state index < -0.39 is 5.97 Å². The summed E-state index contributed by atoms with van der Waals surface area (Å²) in [5.74, 6) is 0.000551. The van der Waals surface area contributed by atoms with Crippen molar-refractivity contribution in [2.75, 3.05) is 7.11 Å². The molecule has 0 aliphatic rings. The van der Waals surface area contributed by atoms with Crippen molar-refractivity contribution < 1.29 is 19.4 Å². The van der Waals surface area contributed by atoms with Crippen LogP contribution in [0.4, 0.5) is 0 Å². The number of carbonyl (C=O) groups is 1.